The molecule has 0 saturated carbocycles. The summed E-state index contributed by atoms with van der Waals surface area (Å²) in [5.74, 6) is 0.0400. The van der Waals surface area contributed by atoms with E-state index in [1.165, 1.54) is 7.11 Å². The Morgan fingerprint density at radius 1 is 1.41 bits per heavy atom. The van der Waals surface area contributed by atoms with E-state index < -0.39 is 11.9 Å². The molecule has 2 rings (SSSR count). The maximum Gasteiger partial charge on any atom is 0.310 e. The largest absolute Gasteiger partial charge is 0.497 e. The fourth-order valence-corrected chi connectivity index (χ4v) is 1.73. The molecule has 1 aromatic rings. The number of carbonyl (C=O) groups is 1. The number of rotatable bonds is 3. The molecule has 1 heterocycles. The summed E-state index contributed by atoms with van der Waals surface area (Å²) in [4.78, 5) is 11.0. The van der Waals surface area contributed by atoms with Gasteiger partial charge in [-0.15, -0.1) is 0 Å². The lowest BCUT2D eigenvalue weighted by atomic mass is 9.99. The van der Waals surface area contributed by atoms with Gasteiger partial charge in [0.1, 0.15) is 19.0 Å². The van der Waals surface area contributed by atoms with Crippen LogP contribution in [-0.2, 0) is 4.79 Å². The van der Waals surface area contributed by atoms with Crippen LogP contribution in [0.25, 0.3) is 0 Å². The van der Waals surface area contributed by atoms with Gasteiger partial charge in [0, 0.05) is 11.6 Å². The SMILES string of the molecule is COc1cc2c(c(C(C)C(=O)O)c1)OCCO2. The summed E-state index contributed by atoms with van der Waals surface area (Å²) in [7, 11) is 1.53. The number of hydrogen-bond acceptors (Lipinski definition) is 4. The minimum atomic E-state index is -0.908. The summed E-state index contributed by atoms with van der Waals surface area (Å²) in [6, 6.07) is 3.37. The highest BCUT2D eigenvalue weighted by molar-refractivity contribution is 5.78. The van der Waals surface area contributed by atoms with E-state index in [2.05, 4.69) is 0 Å². The summed E-state index contributed by atoms with van der Waals surface area (Å²) in [5.41, 5.74) is 0.576. The average Bonchev–Trinajstić information content (AvgIpc) is 2.36. The number of carboxylic acids is 1. The molecule has 92 valence electrons. The number of aliphatic carboxylic acids is 1. The first-order valence-corrected chi connectivity index (χ1v) is 5.34. The van der Waals surface area contributed by atoms with Crippen LogP contribution in [0.3, 0.4) is 0 Å². The van der Waals surface area contributed by atoms with Gasteiger partial charge in [0.2, 0.25) is 0 Å². The van der Waals surface area contributed by atoms with Crippen LogP contribution < -0.4 is 14.2 Å². The normalized spacial score (nSPS) is 15.2. The van der Waals surface area contributed by atoms with Crippen molar-refractivity contribution in [1.29, 1.82) is 0 Å². The standard InChI is InChI=1S/C12H14O5/c1-7(12(13)14)9-5-8(15-2)6-10-11(9)17-4-3-16-10/h5-7H,3-4H2,1-2H3,(H,13,14). The molecule has 1 unspecified atom stereocenters. The Morgan fingerprint density at radius 2 is 2.12 bits per heavy atom. The summed E-state index contributed by atoms with van der Waals surface area (Å²) in [6.45, 7) is 2.50. The van der Waals surface area contributed by atoms with Crippen LogP contribution in [0.1, 0.15) is 18.4 Å². The molecular formula is C12H14O5. The van der Waals surface area contributed by atoms with Crippen LogP contribution in [-0.4, -0.2) is 31.4 Å². The van der Waals surface area contributed by atoms with E-state index in [0.717, 1.165) is 0 Å². The van der Waals surface area contributed by atoms with E-state index in [9.17, 15) is 4.79 Å². The Balaban J connectivity index is 2.51. The fourth-order valence-electron chi connectivity index (χ4n) is 1.73. The zero-order valence-electron chi connectivity index (χ0n) is 9.73. The molecule has 5 nitrogen and oxygen atoms in total. The third kappa shape index (κ3) is 2.13. The van der Waals surface area contributed by atoms with Crippen molar-refractivity contribution in [2.45, 2.75) is 12.8 Å². The lowest BCUT2D eigenvalue weighted by molar-refractivity contribution is -0.138. The summed E-state index contributed by atoms with van der Waals surface area (Å²) in [5, 5.41) is 9.06. The van der Waals surface area contributed by atoms with E-state index in [1.807, 2.05) is 0 Å². The first-order valence-electron chi connectivity index (χ1n) is 5.34. The Kier molecular flexibility index (Phi) is 3.08. The van der Waals surface area contributed by atoms with Crippen molar-refractivity contribution in [2.24, 2.45) is 0 Å². The van der Waals surface area contributed by atoms with E-state index in [4.69, 9.17) is 19.3 Å². The quantitative estimate of drug-likeness (QED) is 0.867. The number of hydrogen-bond donors (Lipinski definition) is 1. The highest BCUT2D eigenvalue weighted by atomic mass is 16.6. The van der Waals surface area contributed by atoms with E-state index >= 15 is 0 Å². The van der Waals surface area contributed by atoms with Crippen LogP contribution in [0.15, 0.2) is 12.1 Å². The van der Waals surface area contributed by atoms with Crippen LogP contribution in [0.5, 0.6) is 17.2 Å². The van der Waals surface area contributed by atoms with Crippen LogP contribution in [0.2, 0.25) is 0 Å². The lowest BCUT2D eigenvalue weighted by Crippen LogP contribution is -2.18. The molecule has 0 spiro atoms. The van der Waals surface area contributed by atoms with Crippen molar-refractivity contribution in [1.82, 2.24) is 0 Å². The number of ether oxygens (including phenoxy) is 3. The van der Waals surface area contributed by atoms with Gasteiger partial charge in [-0.3, -0.25) is 4.79 Å². The molecule has 0 aromatic heterocycles. The zero-order chi connectivity index (χ0) is 12.4. The van der Waals surface area contributed by atoms with Crippen LogP contribution in [0, 0.1) is 0 Å². The Bertz CT molecular complexity index is 441. The average molecular weight is 238 g/mol. The lowest BCUT2D eigenvalue weighted by Gasteiger charge is -2.23. The van der Waals surface area contributed by atoms with Gasteiger partial charge < -0.3 is 19.3 Å². The Labute approximate surface area is 98.9 Å². The molecule has 1 N–H and O–H groups in total. The van der Waals surface area contributed by atoms with Gasteiger partial charge in [0.25, 0.3) is 0 Å². The highest BCUT2D eigenvalue weighted by Crippen LogP contribution is 2.41. The van der Waals surface area contributed by atoms with E-state index in [0.29, 0.717) is 36.0 Å². The van der Waals surface area contributed by atoms with Crippen molar-refractivity contribution >= 4 is 5.97 Å². The monoisotopic (exact) mass is 238 g/mol. The van der Waals surface area contributed by atoms with E-state index in [-0.39, 0.29) is 0 Å². The molecule has 0 radical (unpaired) electrons. The number of methoxy groups -OCH3 is 1. The van der Waals surface area contributed by atoms with Crippen molar-refractivity contribution in [3.8, 4) is 17.2 Å². The van der Waals surface area contributed by atoms with Gasteiger partial charge in [0.15, 0.2) is 11.5 Å². The molecule has 0 fully saturated rings. The molecule has 1 atom stereocenters. The molecule has 0 saturated heterocycles. The first kappa shape index (κ1) is 11.6. The van der Waals surface area contributed by atoms with Gasteiger partial charge in [-0.25, -0.2) is 0 Å². The van der Waals surface area contributed by atoms with Crippen molar-refractivity contribution in [3.05, 3.63) is 17.7 Å². The molecule has 0 bridgehead atoms. The van der Waals surface area contributed by atoms with Gasteiger partial charge in [0.05, 0.1) is 13.0 Å². The highest BCUT2D eigenvalue weighted by Gasteiger charge is 2.25. The molecule has 1 aromatic carbocycles. The minimum absolute atomic E-state index is 0.429. The van der Waals surface area contributed by atoms with Gasteiger partial charge in [-0.05, 0) is 13.0 Å². The van der Waals surface area contributed by atoms with Crippen LogP contribution in [0.4, 0.5) is 0 Å². The smallest absolute Gasteiger partial charge is 0.310 e. The first-order chi connectivity index (χ1) is 8.13. The van der Waals surface area contributed by atoms with Gasteiger partial charge in [-0.2, -0.15) is 0 Å². The number of fused-ring (bicyclic) bond motifs is 1. The fraction of sp³-hybridized carbons (Fsp3) is 0.417. The maximum atomic E-state index is 11.0. The topological polar surface area (TPSA) is 65.0 Å². The van der Waals surface area contributed by atoms with E-state index in [1.54, 1.807) is 19.1 Å². The molecule has 0 aliphatic carbocycles. The second-order valence-electron chi connectivity index (χ2n) is 3.80. The molecule has 0 amide bonds. The second-order valence-corrected chi connectivity index (χ2v) is 3.80. The van der Waals surface area contributed by atoms with Crippen molar-refractivity contribution < 1.29 is 24.1 Å². The van der Waals surface area contributed by atoms with Gasteiger partial charge >= 0.3 is 5.97 Å². The molecule has 1 aliphatic heterocycles. The minimum Gasteiger partial charge on any atom is -0.497 e. The van der Waals surface area contributed by atoms with Crippen molar-refractivity contribution in [3.63, 3.8) is 0 Å². The predicted molar refractivity (Wildman–Crippen MR) is 60.0 cm³/mol. The second kappa shape index (κ2) is 4.53. The Hall–Kier alpha value is -1.91. The zero-order valence-corrected chi connectivity index (χ0v) is 9.73. The molecular weight excluding hydrogens is 224 g/mol. The number of benzene rings is 1. The van der Waals surface area contributed by atoms with Crippen molar-refractivity contribution in [2.75, 3.05) is 20.3 Å². The number of carboxylic acid groups (broad SMARTS) is 1. The Morgan fingerprint density at radius 3 is 2.76 bits per heavy atom. The predicted octanol–water partition coefficient (Wildman–Crippen LogP) is 1.65. The summed E-state index contributed by atoms with van der Waals surface area (Å²) in [6.07, 6.45) is 0. The third-order valence-electron chi connectivity index (χ3n) is 2.72. The van der Waals surface area contributed by atoms with Gasteiger partial charge in [-0.1, -0.05) is 0 Å². The molecule has 5 heteroatoms. The third-order valence-corrected chi connectivity index (χ3v) is 2.72. The maximum absolute atomic E-state index is 11.0. The van der Waals surface area contributed by atoms with Crippen LogP contribution >= 0.6 is 0 Å². The summed E-state index contributed by atoms with van der Waals surface area (Å²) >= 11 is 0. The summed E-state index contributed by atoms with van der Waals surface area (Å²) < 4.78 is 16.0. The molecule has 1 aliphatic rings. The molecule has 17 heavy (non-hydrogen) atoms.